The topological polar surface area (TPSA) is 36.3 Å². The van der Waals surface area contributed by atoms with Gasteiger partial charge < -0.3 is 10.2 Å². The van der Waals surface area contributed by atoms with Crippen LogP contribution in [0, 0.1) is 6.92 Å². The van der Waals surface area contributed by atoms with E-state index in [1.807, 2.05) is 11.7 Å². The largest absolute Gasteiger partial charge is 0.363 e. The Morgan fingerprint density at radius 1 is 1.23 bits per heavy atom. The molecule has 0 unspecified atom stereocenters. The lowest BCUT2D eigenvalue weighted by Gasteiger charge is -2.41. The van der Waals surface area contributed by atoms with Gasteiger partial charge in [0.15, 0.2) is 0 Å². The zero-order valence-corrected chi connectivity index (χ0v) is 15.4. The first-order chi connectivity index (χ1) is 10.2. The highest BCUT2D eigenvalue weighted by Gasteiger charge is 2.27. The molecule has 1 aliphatic rings. The van der Waals surface area contributed by atoms with Crippen molar-refractivity contribution in [3.63, 3.8) is 0 Å². The van der Waals surface area contributed by atoms with Crippen molar-refractivity contribution in [1.82, 2.24) is 20.0 Å². The maximum absolute atomic E-state index is 4.57. The first kappa shape index (κ1) is 17.3. The standard InChI is InChI=1S/C17H33N5/c1-13-15(16(20(5)6)21(7)19-13)12-18-14-8-10-22(11-9-14)17(2,3)4/h14,18H,8-12H2,1-7H3. The fourth-order valence-corrected chi connectivity index (χ4v) is 3.46. The Bertz CT molecular complexity index is 490. The Balaban J connectivity index is 1.93. The molecule has 2 heterocycles. The number of nitrogens with one attached hydrogen (secondary N) is 1. The van der Waals surface area contributed by atoms with Crippen LogP contribution in [-0.4, -0.2) is 53.4 Å². The Morgan fingerprint density at radius 2 is 1.82 bits per heavy atom. The molecule has 0 bridgehead atoms. The molecule has 0 spiro atoms. The predicted octanol–water partition coefficient (Wildman–Crippen LogP) is 2.15. The van der Waals surface area contributed by atoms with Crippen molar-refractivity contribution in [1.29, 1.82) is 0 Å². The number of piperidine rings is 1. The van der Waals surface area contributed by atoms with Gasteiger partial charge in [-0.1, -0.05) is 0 Å². The summed E-state index contributed by atoms with van der Waals surface area (Å²) in [6, 6.07) is 0.619. The van der Waals surface area contributed by atoms with Crippen molar-refractivity contribution < 1.29 is 0 Å². The van der Waals surface area contributed by atoms with E-state index in [1.54, 1.807) is 0 Å². The molecule has 1 aromatic rings. The van der Waals surface area contributed by atoms with E-state index in [-0.39, 0.29) is 0 Å². The fourth-order valence-electron chi connectivity index (χ4n) is 3.46. The maximum Gasteiger partial charge on any atom is 0.130 e. The molecule has 1 aliphatic heterocycles. The van der Waals surface area contributed by atoms with Crippen molar-refractivity contribution in [3.8, 4) is 0 Å². The average Bonchev–Trinajstić information content (AvgIpc) is 2.70. The quantitative estimate of drug-likeness (QED) is 0.925. The minimum absolute atomic E-state index is 0.295. The molecule has 0 aromatic carbocycles. The number of aryl methyl sites for hydroxylation is 2. The summed E-state index contributed by atoms with van der Waals surface area (Å²) in [5.74, 6) is 1.21. The fraction of sp³-hybridized carbons (Fsp3) is 0.824. The van der Waals surface area contributed by atoms with E-state index in [9.17, 15) is 0 Å². The average molecular weight is 307 g/mol. The first-order valence-corrected chi connectivity index (χ1v) is 8.38. The van der Waals surface area contributed by atoms with Crippen molar-refractivity contribution in [2.24, 2.45) is 7.05 Å². The van der Waals surface area contributed by atoms with Crippen LogP contribution in [0.1, 0.15) is 44.9 Å². The molecule has 5 nitrogen and oxygen atoms in total. The van der Waals surface area contributed by atoms with E-state index in [1.165, 1.54) is 37.3 Å². The third-order valence-electron chi connectivity index (χ3n) is 4.75. The van der Waals surface area contributed by atoms with Crippen LogP contribution in [0.15, 0.2) is 0 Å². The smallest absolute Gasteiger partial charge is 0.130 e. The molecule has 1 fully saturated rings. The van der Waals surface area contributed by atoms with Crippen LogP contribution in [0.4, 0.5) is 5.82 Å². The van der Waals surface area contributed by atoms with E-state index >= 15 is 0 Å². The van der Waals surface area contributed by atoms with E-state index in [4.69, 9.17) is 0 Å². The lowest BCUT2D eigenvalue weighted by Crippen LogP contribution is -2.49. The van der Waals surface area contributed by atoms with Gasteiger partial charge in [0, 0.05) is 57.9 Å². The number of nitrogens with zero attached hydrogens (tertiary/aromatic N) is 4. The maximum atomic E-state index is 4.57. The first-order valence-electron chi connectivity index (χ1n) is 8.38. The highest BCUT2D eigenvalue weighted by atomic mass is 15.4. The van der Waals surface area contributed by atoms with Gasteiger partial charge in [0.2, 0.25) is 0 Å². The predicted molar refractivity (Wildman–Crippen MR) is 93.5 cm³/mol. The second-order valence-corrected chi connectivity index (χ2v) is 7.72. The Hall–Kier alpha value is -1.07. The second-order valence-electron chi connectivity index (χ2n) is 7.72. The molecule has 0 saturated carbocycles. The molecular weight excluding hydrogens is 274 g/mol. The molecule has 5 heteroatoms. The second kappa shape index (κ2) is 6.59. The lowest BCUT2D eigenvalue weighted by molar-refractivity contribution is 0.0960. The SMILES string of the molecule is Cc1nn(C)c(N(C)C)c1CNC1CCN(C(C)(C)C)CC1. The van der Waals surface area contributed by atoms with E-state index in [0.29, 0.717) is 11.6 Å². The molecule has 0 amide bonds. The number of rotatable bonds is 4. The van der Waals surface area contributed by atoms with Gasteiger partial charge in [0.25, 0.3) is 0 Å². The summed E-state index contributed by atoms with van der Waals surface area (Å²) in [4.78, 5) is 4.74. The molecule has 1 saturated heterocycles. The van der Waals surface area contributed by atoms with Gasteiger partial charge >= 0.3 is 0 Å². The van der Waals surface area contributed by atoms with Crippen molar-refractivity contribution >= 4 is 5.82 Å². The molecule has 0 radical (unpaired) electrons. The number of anilines is 1. The van der Waals surface area contributed by atoms with Crippen molar-refractivity contribution in [3.05, 3.63) is 11.3 Å². The van der Waals surface area contributed by atoms with Crippen molar-refractivity contribution in [2.75, 3.05) is 32.1 Å². The molecule has 0 atom stereocenters. The van der Waals surface area contributed by atoms with Gasteiger partial charge in [-0.05, 0) is 40.5 Å². The number of hydrogen-bond donors (Lipinski definition) is 1. The minimum atomic E-state index is 0.295. The van der Waals surface area contributed by atoms with Gasteiger partial charge in [0.05, 0.1) is 5.69 Å². The zero-order chi connectivity index (χ0) is 16.5. The molecule has 1 aromatic heterocycles. The van der Waals surface area contributed by atoms with E-state index in [0.717, 1.165) is 12.2 Å². The third kappa shape index (κ3) is 3.82. The van der Waals surface area contributed by atoms with Crippen LogP contribution in [0.2, 0.25) is 0 Å². The highest BCUT2D eigenvalue weighted by molar-refractivity contribution is 5.48. The molecule has 22 heavy (non-hydrogen) atoms. The van der Waals surface area contributed by atoms with E-state index < -0.39 is 0 Å². The van der Waals surface area contributed by atoms with Crippen LogP contribution in [0.3, 0.4) is 0 Å². The third-order valence-corrected chi connectivity index (χ3v) is 4.75. The lowest BCUT2D eigenvalue weighted by atomic mass is 9.98. The van der Waals surface area contributed by atoms with Crippen LogP contribution in [0.25, 0.3) is 0 Å². The van der Waals surface area contributed by atoms with Gasteiger partial charge in [0.1, 0.15) is 5.82 Å². The van der Waals surface area contributed by atoms with Gasteiger partial charge in [-0.3, -0.25) is 9.58 Å². The Morgan fingerprint density at radius 3 is 2.32 bits per heavy atom. The van der Waals surface area contributed by atoms with Crippen molar-refractivity contribution in [2.45, 2.75) is 58.7 Å². The Kier molecular flexibility index (Phi) is 5.17. The monoisotopic (exact) mass is 307 g/mol. The normalized spacial score (nSPS) is 18.0. The summed E-state index contributed by atoms with van der Waals surface area (Å²) in [6.07, 6.45) is 2.46. The van der Waals surface area contributed by atoms with Gasteiger partial charge in [-0.25, -0.2) is 0 Å². The summed E-state index contributed by atoms with van der Waals surface area (Å²) in [5.41, 5.74) is 2.75. The van der Waals surface area contributed by atoms with Gasteiger partial charge in [-0.2, -0.15) is 5.10 Å². The summed E-state index contributed by atoms with van der Waals surface area (Å²) in [5, 5.41) is 8.32. The summed E-state index contributed by atoms with van der Waals surface area (Å²) < 4.78 is 1.98. The van der Waals surface area contributed by atoms with E-state index in [2.05, 4.69) is 62.0 Å². The highest BCUT2D eigenvalue weighted by Crippen LogP contribution is 2.23. The Labute approximate surface area is 135 Å². The van der Waals surface area contributed by atoms with Crippen LogP contribution < -0.4 is 10.2 Å². The number of likely N-dealkylation sites (tertiary alicyclic amines) is 1. The zero-order valence-electron chi connectivity index (χ0n) is 15.4. The molecule has 2 rings (SSSR count). The minimum Gasteiger partial charge on any atom is -0.363 e. The number of aromatic nitrogens is 2. The summed E-state index contributed by atoms with van der Waals surface area (Å²) >= 11 is 0. The van der Waals surface area contributed by atoms with Crippen LogP contribution in [0.5, 0.6) is 0 Å². The molecule has 1 N–H and O–H groups in total. The summed E-state index contributed by atoms with van der Waals surface area (Å²) in [6.45, 7) is 12.3. The number of hydrogen-bond acceptors (Lipinski definition) is 4. The van der Waals surface area contributed by atoms with Crippen LogP contribution in [-0.2, 0) is 13.6 Å². The summed E-state index contributed by atoms with van der Waals surface area (Å²) in [7, 11) is 6.19. The van der Waals surface area contributed by atoms with Crippen LogP contribution >= 0.6 is 0 Å². The molecule has 0 aliphatic carbocycles. The molecule has 126 valence electrons. The molecular formula is C17H33N5. The van der Waals surface area contributed by atoms with Gasteiger partial charge in [-0.15, -0.1) is 0 Å².